The predicted molar refractivity (Wildman–Crippen MR) is 128 cm³/mol. The summed E-state index contributed by atoms with van der Waals surface area (Å²) in [6.45, 7) is 0.437. The molecular formula is C25H29ClN4O4. The smallest absolute Gasteiger partial charge is 0.256 e. The Kier molecular flexibility index (Phi) is 7.48. The molecule has 1 atom stereocenters. The van der Waals surface area contributed by atoms with Gasteiger partial charge in [0.15, 0.2) is 0 Å². The molecule has 8 nitrogen and oxygen atoms in total. The first-order valence-corrected chi connectivity index (χ1v) is 11.9. The molecule has 1 aromatic heterocycles. The van der Waals surface area contributed by atoms with Crippen LogP contribution in [0.3, 0.4) is 0 Å². The molecule has 34 heavy (non-hydrogen) atoms. The van der Waals surface area contributed by atoms with Crippen LogP contribution in [0.4, 0.5) is 5.69 Å². The van der Waals surface area contributed by atoms with Crippen LogP contribution in [-0.2, 0) is 20.8 Å². The first-order chi connectivity index (χ1) is 16.4. The second kappa shape index (κ2) is 10.5. The number of halogens is 1. The maximum absolute atomic E-state index is 13.7. The molecule has 1 unspecified atom stereocenters. The number of nitrogens with zero attached hydrogens (tertiary/aromatic N) is 3. The Morgan fingerprint density at radius 3 is 2.65 bits per heavy atom. The number of benzene rings is 1. The fourth-order valence-electron chi connectivity index (χ4n) is 4.81. The van der Waals surface area contributed by atoms with Gasteiger partial charge in [0.2, 0.25) is 11.8 Å². The number of rotatable bonds is 6. The van der Waals surface area contributed by atoms with Crippen LogP contribution in [0.15, 0.2) is 42.6 Å². The first kappa shape index (κ1) is 24.2. The highest BCUT2D eigenvalue weighted by molar-refractivity contribution is 6.31. The minimum atomic E-state index is -0.701. The molecular weight excluding hydrogens is 456 g/mol. The minimum absolute atomic E-state index is 0.0231. The number of fused-ring (bicyclic) bond motifs is 1. The number of hydroxylamine groups is 2. The third-order valence-corrected chi connectivity index (χ3v) is 7.01. The number of carbonyl (C=O) groups excluding carboxylic acids is 3. The van der Waals surface area contributed by atoms with Gasteiger partial charge in [-0.25, -0.2) is 5.06 Å². The normalized spacial score (nSPS) is 22.6. The van der Waals surface area contributed by atoms with Crippen molar-refractivity contribution in [1.82, 2.24) is 14.9 Å². The zero-order chi connectivity index (χ0) is 24.2. The fraction of sp³-hybridized carbons (Fsp3) is 0.440. The van der Waals surface area contributed by atoms with Gasteiger partial charge in [0.1, 0.15) is 6.04 Å². The summed E-state index contributed by atoms with van der Waals surface area (Å²) in [7, 11) is 3.10. The monoisotopic (exact) mass is 484 g/mol. The van der Waals surface area contributed by atoms with E-state index in [0.717, 1.165) is 31.4 Å². The summed E-state index contributed by atoms with van der Waals surface area (Å²) in [6.07, 6.45) is 5.03. The Morgan fingerprint density at radius 2 is 1.97 bits per heavy atom. The number of nitrogens with one attached hydrogen (secondary N) is 1. The molecule has 3 amide bonds. The first-order valence-electron chi connectivity index (χ1n) is 11.5. The maximum Gasteiger partial charge on any atom is 0.256 e. The maximum atomic E-state index is 13.7. The van der Waals surface area contributed by atoms with E-state index in [1.807, 2.05) is 18.2 Å². The molecule has 2 aromatic rings. The van der Waals surface area contributed by atoms with E-state index in [1.54, 1.807) is 36.3 Å². The zero-order valence-electron chi connectivity index (χ0n) is 19.4. The number of anilines is 1. The minimum Gasteiger partial charge on any atom is -0.326 e. The molecule has 0 spiro atoms. The molecule has 0 radical (unpaired) electrons. The molecule has 4 rings (SSSR count). The third-order valence-electron chi connectivity index (χ3n) is 6.77. The summed E-state index contributed by atoms with van der Waals surface area (Å²) in [5.74, 6) is -0.385. The van der Waals surface area contributed by atoms with E-state index in [1.165, 1.54) is 12.2 Å². The lowest BCUT2D eigenvalue weighted by Crippen LogP contribution is -2.49. The van der Waals surface area contributed by atoms with Gasteiger partial charge in [-0.1, -0.05) is 17.7 Å². The van der Waals surface area contributed by atoms with Crippen LogP contribution in [-0.4, -0.2) is 59.4 Å². The van der Waals surface area contributed by atoms with Crippen LogP contribution < -0.4 is 5.32 Å². The molecule has 2 heterocycles. The highest BCUT2D eigenvalue weighted by Gasteiger charge is 2.38. The van der Waals surface area contributed by atoms with E-state index in [9.17, 15) is 14.4 Å². The summed E-state index contributed by atoms with van der Waals surface area (Å²) < 4.78 is 0. The van der Waals surface area contributed by atoms with E-state index in [0.29, 0.717) is 29.2 Å². The van der Waals surface area contributed by atoms with Crippen molar-refractivity contribution in [2.75, 3.05) is 26.0 Å². The van der Waals surface area contributed by atoms with Crippen molar-refractivity contribution in [3.63, 3.8) is 0 Å². The second-order valence-electron chi connectivity index (χ2n) is 8.91. The zero-order valence-corrected chi connectivity index (χ0v) is 20.1. The van der Waals surface area contributed by atoms with Crippen LogP contribution >= 0.6 is 11.6 Å². The van der Waals surface area contributed by atoms with Gasteiger partial charge in [0, 0.05) is 42.8 Å². The van der Waals surface area contributed by atoms with Crippen molar-refractivity contribution in [3.8, 4) is 0 Å². The van der Waals surface area contributed by atoms with Crippen LogP contribution in [0.2, 0.25) is 5.02 Å². The Balaban J connectivity index is 1.56. The van der Waals surface area contributed by atoms with Crippen molar-refractivity contribution in [2.24, 2.45) is 11.8 Å². The summed E-state index contributed by atoms with van der Waals surface area (Å²) >= 11 is 6.13. The fourth-order valence-corrected chi connectivity index (χ4v) is 4.98. The molecule has 1 aliphatic heterocycles. The number of hydrogen-bond acceptors (Lipinski definition) is 5. The van der Waals surface area contributed by atoms with Gasteiger partial charge < -0.3 is 10.2 Å². The van der Waals surface area contributed by atoms with E-state index >= 15 is 0 Å². The molecule has 9 heteroatoms. The van der Waals surface area contributed by atoms with Crippen LogP contribution in [0, 0.1) is 11.8 Å². The van der Waals surface area contributed by atoms with E-state index in [2.05, 4.69) is 10.3 Å². The Hall–Kier alpha value is -2.97. The average molecular weight is 485 g/mol. The van der Waals surface area contributed by atoms with Crippen molar-refractivity contribution in [1.29, 1.82) is 0 Å². The predicted octanol–water partition coefficient (Wildman–Crippen LogP) is 3.57. The van der Waals surface area contributed by atoms with Crippen molar-refractivity contribution in [2.45, 2.75) is 38.1 Å². The highest BCUT2D eigenvalue weighted by Crippen LogP contribution is 2.33. The van der Waals surface area contributed by atoms with Gasteiger partial charge in [-0.15, -0.1) is 0 Å². The lowest BCUT2D eigenvalue weighted by Gasteiger charge is -2.35. The third kappa shape index (κ3) is 5.23. The lowest BCUT2D eigenvalue weighted by atomic mass is 9.81. The van der Waals surface area contributed by atoms with E-state index < -0.39 is 6.04 Å². The molecule has 1 fully saturated rings. The quantitative estimate of drug-likeness (QED) is 0.633. The standard InChI is InChI=1S/C25H29ClN4O4/c1-29(34-2)24(32)17-8-6-16(7-9-17)15-30-22(14-19-5-3-4-12-27-19)23(31)28-21-13-18(26)10-11-20(21)25(30)33/h3-5,10-13,16-17,22H,6-9,14-15H2,1-2H3,(H,28,31). The Bertz CT molecular complexity index is 1060. The van der Waals surface area contributed by atoms with Crippen LogP contribution in [0.1, 0.15) is 41.7 Å². The molecule has 1 aliphatic carbocycles. The van der Waals surface area contributed by atoms with Gasteiger partial charge in [-0.3, -0.25) is 24.2 Å². The van der Waals surface area contributed by atoms with Crippen LogP contribution in [0.25, 0.3) is 0 Å². The molecule has 1 aromatic carbocycles. The molecule has 0 bridgehead atoms. The van der Waals surface area contributed by atoms with E-state index in [4.69, 9.17) is 16.4 Å². The van der Waals surface area contributed by atoms with Gasteiger partial charge in [-0.05, 0) is 61.9 Å². The number of pyridine rings is 1. The SMILES string of the molecule is CON(C)C(=O)C1CCC(CN2C(=O)c3ccc(Cl)cc3NC(=O)C2Cc2ccccn2)CC1. The number of aromatic nitrogens is 1. The Labute approximate surface area is 204 Å². The molecule has 180 valence electrons. The summed E-state index contributed by atoms with van der Waals surface area (Å²) in [5.41, 5.74) is 1.58. The van der Waals surface area contributed by atoms with Crippen LogP contribution in [0.5, 0.6) is 0 Å². The van der Waals surface area contributed by atoms with Gasteiger partial charge in [0.25, 0.3) is 5.91 Å². The topological polar surface area (TPSA) is 91.8 Å². The van der Waals surface area contributed by atoms with Gasteiger partial charge >= 0.3 is 0 Å². The van der Waals surface area contributed by atoms with Crippen molar-refractivity contribution < 1.29 is 19.2 Å². The highest BCUT2D eigenvalue weighted by atomic mass is 35.5. The number of amides is 3. The summed E-state index contributed by atoms with van der Waals surface area (Å²) in [5, 5.41) is 4.62. The van der Waals surface area contributed by atoms with Crippen molar-refractivity contribution in [3.05, 3.63) is 58.9 Å². The molecule has 2 aliphatic rings. The second-order valence-corrected chi connectivity index (χ2v) is 9.35. The largest absolute Gasteiger partial charge is 0.326 e. The molecule has 1 N–H and O–H groups in total. The lowest BCUT2D eigenvalue weighted by molar-refractivity contribution is -0.174. The van der Waals surface area contributed by atoms with Gasteiger partial charge in [0.05, 0.1) is 18.4 Å². The van der Waals surface area contributed by atoms with E-state index in [-0.39, 0.29) is 29.6 Å². The molecule has 1 saturated carbocycles. The Morgan fingerprint density at radius 1 is 1.21 bits per heavy atom. The van der Waals surface area contributed by atoms with Gasteiger partial charge in [-0.2, -0.15) is 0 Å². The summed E-state index contributed by atoms with van der Waals surface area (Å²) in [4.78, 5) is 50.5. The molecule has 0 saturated heterocycles. The number of carbonyl (C=O) groups is 3. The van der Waals surface area contributed by atoms with Crippen molar-refractivity contribution >= 4 is 35.0 Å². The average Bonchev–Trinajstić information content (AvgIpc) is 2.94. The number of hydrogen-bond donors (Lipinski definition) is 1. The summed E-state index contributed by atoms with van der Waals surface area (Å²) in [6, 6.07) is 9.76.